The van der Waals surface area contributed by atoms with Crippen LogP contribution in [-0.4, -0.2) is 18.7 Å². The second kappa shape index (κ2) is 4.46. The summed E-state index contributed by atoms with van der Waals surface area (Å²) >= 11 is 3.42. The van der Waals surface area contributed by atoms with Crippen LogP contribution >= 0.6 is 15.9 Å². The van der Waals surface area contributed by atoms with Gasteiger partial charge in [-0.2, -0.15) is 0 Å². The van der Waals surface area contributed by atoms with E-state index in [0.29, 0.717) is 0 Å². The third-order valence-electron chi connectivity index (χ3n) is 2.85. The smallest absolute Gasteiger partial charge is 0.154 e. The lowest BCUT2D eigenvalue weighted by atomic mass is 10.2. The van der Waals surface area contributed by atoms with Crippen LogP contribution in [0.25, 0.3) is 10.9 Å². The fraction of sp³-hybridized carbons (Fsp3) is 0.333. The average molecular weight is 316 g/mol. The van der Waals surface area contributed by atoms with Crippen molar-refractivity contribution < 1.29 is 8.42 Å². The van der Waals surface area contributed by atoms with E-state index in [1.165, 1.54) is 0 Å². The first-order valence-corrected chi connectivity index (χ1v) is 7.98. The number of rotatable bonds is 3. The summed E-state index contributed by atoms with van der Waals surface area (Å²) in [6.07, 6.45) is 1.89. The Morgan fingerprint density at radius 3 is 2.71 bits per heavy atom. The Kier molecular flexibility index (Phi) is 3.32. The predicted molar refractivity (Wildman–Crippen MR) is 73.8 cm³/mol. The Morgan fingerprint density at radius 2 is 2.06 bits per heavy atom. The first-order chi connectivity index (χ1) is 7.93. The van der Waals surface area contributed by atoms with E-state index in [-0.39, 0.29) is 11.5 Å². The topological polar surface area (TPSA) is 39.1 Å². The summed E-state index contributed by atoms with van der Waals surface area (Å²) in [7, 11) is -1.06. The van der Waals surface area contributed by atoms with Crippen LogP contribution in [0.2, 0.25) is 0 Å². The van der Waals surface area contributed by atoms with Crippen LogP contribution < -0.4 is 0 Å². The van der Waals surface area contributed by atoms with E-state index in [1.807, 2.05) is 36.0 Å². The van der Waals surface area contributed by atoms with Gasteiger partial charge in [-0.3, -0.25) is 0 Å². The number of halogens is 1. The van der Waals surface area contributed by atoms with Crippen molar-refractivity contribution in [2.75, 3.05) is 5.75 Å². The van der Waals surface area contributed by atoms with E-state index < -0.39 is 9.84 Å². The van der Waals surface area contributed by atoms with Crippen LogP contribution in [0, 0.1) is 0 Å². The van der Waals surface area contributed by atoms with E-state index in [0.717, 1.165) is 20.9 Å². The van der Waals surface area contributed by atoms with Crippen LogP contribution in [0.3, 0.4) is 0 Å². The Morgan fingerprint density at radius 1 is 1.35 bits per heavy atom. The van der Waals surface area contributed by atoms with Gasteiger partial charge in [0.15, 0.2) is 9.84 Å². The molecule has 0 radical (unpaired) electrons. The molecule has 0 N–H and O–H groups in total. The number of aryl methyl sites for hydroxylation is 1. The highest BCUT2D eigenvalue weighted by Crippen LogP contribution is 2.25. The molecule has 1 aromatic carbocycles. The minimum atomic E-state index is -2.99. The lowest BCUT2D eigenvalue weighted by Crippen LogP contribution is -2.06. The molecule has 17 heavy (non-hydrogen) atoms. The van der Waals surface area contributed by atoms with Crippen LogP contribution in [0.15, 0.2) is 28.9 Å². The van der Waals surface area contributed by atoms with Gasteiger partial charge < -0.3 is 4.57 Å². The molecular formula is C12H14BrNO2S. The Labute approximate surface area is 109 Å². The Balaban J connectivity index is 2.57. The van der Waals surface area contributed by atoms with Crippen LogP contribution in [0.5, 0.6) is 0 Å². The van der Waals surface area contributed by atoms with Crippen molar-refractivity contribution in [2.45, 2.75) is 12.7 Å². The van der Waals surface area contributed by atoms with Crippen molar-refractivity contribution in [1.82, 2.24) is 4.57 Å². The normalized spacial score (nSPS) is 12.2. The van der Waals surface area contributed by atoms with Crippen molar-refractivity contribution in [2.24, 2.45) is 7.05 Å². The number of hydrogen-bond donors (Lipinski definition) is 0. The molecule has 0 amide bonds. The lowest BCUT2D eigenvalue weighted by Gasteiger charge is -2.00. The van der Waals surface area contributed by atoms with Gasteiger partial charge in [0.2, 0.25) is 0 Å². The highest BCUT2D eigenvalue weighted by atomic mass is 79.9. The van der Waals surface area contributed by atoms with Gasteiger partial charge in [-0.15, -0.1) is 0 Å². The zero-order valence-electron chi connectivity index (χ0n) is 9.77. The quantitative estimate of drug-likeness (QED) is 0.873. The number of hydrogen-bond acceptors (Lipinski definition) is 2. The van der Waals surface area contributed by atoms with Crippen molar-refractivity contribution in [3.8, 4) is 0 Å². The molecule has 5 heteroatoms. The minimum Gasteiger partial charge on any atom is -0.350 e. The number of benzene rings is 1. The minimum absolute atomic E-state index is 0.114. The summed E-state index contributed by atoms with van der Waals surface area (Å²) in [5, 5.41) is 1.01. The van der Waals surface area contributed by atoms with Gasteiger partial charge >= 0.3 is 0 Å². The van der Waals surface area contributed by atoms with Crippen LogP contribution in [0.4, 0.5) is 0 Å². The van der Waals surface area contributed by atoms with Gasteiger partial charge in [0.25, 0.3) is 0 Å². The van der Waals surface area contributed by atoms with Crippen LogP contribution in [-0.2, 0) is 22.6 Å². The largest absolute Gasteiger partial charge is 0.350 e. The molecule has 2 rings (SSSR count). The third kappa shape index (κ3) is 2.55. The van der Waals surface area contributed by atoms with Crippen molar-refractivity contribution in [3.05, 3.63) is 34.4 Å². The standard InChI is InChI=1S/C12H14BrNO2S/c1-3-17(15,16)8-9-7-14(2)12-6-10(13)4-5-11(9)12/h4-7H,3,8H2,1-2H3. The molecule has 3 nitrogen and oxygen atoms in total. The molecule has 2 aromatic rings. The summed E-state index contributed by atoms with van der Waals surface area (Å²) in [6.45, 7) is 1.68. The fourth-order valence-corrected chi connectivity index (χ4v) is 3.15. The maximum absolute atomic E-state index is 11.7. The lowest BCUT2D eigenvalue weighted by molar-refractivity contribution is 0.596. The SMILES string of the molecule is CCS(=O)(=O)Cc1cn(C)c2cc(Br)ccc12. The number of aromatic nitrogens is 1. The molecule has 0 aliphatic heterocycles. The van der Waals surface area contributed by atoms with Gasteiger partial charge in [0.05, 0.1) is 5.75 Å². The Hall–Kier alpha value is -0.810. The zero-order valence-corrected chi connectivity index (χ0v) is 12.2. The molecule has 0 aliphatic rings. The summed E-state index contributed by atoms with van der Waals surface area (Å²) in [4.78, 5) is 0. The molecule has 0 bridgehead atoms. The van der Waals surface area contributed by atoms with Crippen molar-refractivity contribution in [1.29, 1.82) is 0 Å². The van der Waals surface area contributed by atoms with Crippen molar-refractivity contribution >= 4 is 36.7 Å². The molecule has 0 fully saturated rings. The molecular weight excluding hydrogens is 302 g/mol. The number of fused-ring (bicyclic) bond motifs is 1. The molecule has 0 atom stereocenters. The van der Waals surface area contributed by atoms with E-state index in [4.69, 9.17) is 0 Å². The molecule has 1 heterocycles. The second-order valence-corrected chi connectivity index (χ2v) is 7.37. The third-order valence-corrected chi connectivity index (χ3v) is 4.97. The summed E-state index contributed by atoms with van der Waals surface area (Å²) < 4.78 is 26.3. The predicted octanol–water partition coefficient (Wildman–Crippen LogP) is 2.88. The average Bonchev–Trinajstić information content (AvgIpc) is 2.55. The number of nitrogens with zero attached hydrogens (tertiary/aromatic N) is 1. The zero-order chi connectivity index (χ0) is 12.6. The van der Waals surface area contributed by atoms with Gasteiger partial charge in [-0.25, -0.2) is 8.42 Å². The molecule has 0 unspecified atom stereocenters. The second-order valence-electron chi connectivity index (χ2n) is 4.10. The summed E-state index contributed by atoms with van der Waals surface area (Å²) in [6, 6.07) is 5.89. The molecule has 0 saturated heterocycles. The summed E-state index contributed by atoms with van der Waals surface area (Å²) in [5.41, 5.74) is 1.91. The molecule has 0 spiro atoms. The Bertz CT molecular complexity index is 658. The van der Waals surface area contributed by atoms with E-state index >= 15 is 0 Å². The molecule has 92 valence electrons. The fourth-order valence-electron chi connectivity index (χ4n) is 1.89. The molecule has 0 aliphatic carbocycles. The van der Waals surface area contributed by atoms with E-state index in [9.17, 15) is 8.42 Å². The van der Waals surface area contributed by atoms with E-state index in [2.05, 4.69) is 15.9 Å². The number of sulfone groups is 1. The van der Waals surface area contributed by atoms with Crippen molar-refractivity contribution in [3.63, 3.8) is 0 Å². The van der Waals surface area contributed by atoms with Gasteiger partial charge in [0.1, 0.15) is 0 Å². The molecule has 0 saturated carbocycles. The first kappa shape index (κ1) is 12.6. The highest BCUT2D eigenvalue weighted by molar-refractivity contribution is 9.10. The summed E-state index contributed by atoms with van der Waals surface area (Å²) in [5.74, 6) is 0.294. The molecule has 1 aromatic heterocycles. The van der Waals surface area contributed by atoms with Gasteiger partial charge in [-0.05, 0) is 17.7 Å². The van der Waals surface area contributed by atoms with E-state index in [1.54, 1.807) is 6.92 Å². The maximum Gasteiger partial charge on any atom is 0.154 e. The highest BCUT2D eigenvalue weighted by Gasteiger charge is 2.14. The van der Waals surface area contributed by atoms with Gasteiger partial charge in [0, 0.05) is 34.4 Å². The van der Waals surface area contributed by atoms with Crippen LogP contribution in [0.1, 0.15) is 12.5 Å². The monoisotopic (exact) mass is 315 g/mol. The van der Waals surface area contributed by atoms with Gasteiger partial charge in [-0.1, -0.05) is 28.9 Å². The maximum atomic E-state index is 11.7. The first-order valence-electron chi connectivity index (χ1n) is 5.37.